The van der Waals surface area contributed by atoms with Crippen LogP contribution in [0.2, 0.25) is 0 Å². The molecule has 0 saturated heterocycles. The number of nitrogens with two attached hydrogens (primary N) is 1. The molecular formula is C9H13N3O3S. The van der Waals surface area contributed by atoms with Gasteiger partial charge in [0.15, 0.2) is 5.16 Å². The van der Waals surface area contributed by atoms with Crippen molar-refractivity contribution in [3.8, 4) is 0 Å². The molecule has 2 atom stereocenters. The molecule has 0 saturated carbocycles. The molecule has 4 N–H and O–H groups in total. The van der Waals surface area contributed by atoms with Gasteiger partial charge in [0.25, 0.3) is 5.56 Å². The number of hydrogen-bond acceptors (Lipinski definition) is 5. The Morgan fingerprint density at radius 3 is 2.75 bits per heavy atom. The zero-order valence-electron chi connectivity index (χ0n) is 8.93. The van der Waals surface area contributed by atoms with E-state index in [0.717, 1.165) is 0 Å². The van der Waals surface area contributed by atoms with Crippen LogP contribution in [-0.2, 0) is 4.79 Å². The number of aromatic nitrogens is 2. The lowest BCUT2D eigenvalue weighted by atomic mass is 10.1. The molecule has 1 aromatic rings. The second kappa shape index (κ2) is 5.02. The number of anilines is 1. The van der Waals surface area contributed by atoms with Crippen LogP contribution in [0, 0.1) is 5.92 Å². The number of aliphatic carboxylic acids is 1. The van der Waals surface area contributed by atoms with Crippen LogP contribution in [0.15, 0.2) is 16.0 Å². The quantitative estimate of drug-likeness (QED) is 0.526. The van der Waals surface area contributed by atoms with Crippen molar-refractivity contribution in [2.45, 2.75) is 24.3 Å². The summed E-state index contributed by atoms with van der Waals surface area (Å²) in [7, 11) is 0. The van der Waals surface area contributed by atoms with E-state index in [0.29, 0.717) is 5.16 Å². The van der Waals surface area contributed by atoms with E-state index >= 15 is 0 Å². The number of H-pyrrole nitrogens is 1. The molecule has 88 valence electrons. The van der Waals surface area contributed by atoms with Crippen molar-refractivity contribution in [2.24, 2.45) is 5.92 Å². The third-order valence-electron chi connectivity index (χ3n) is 2.13. The Kier molecular flexibility index (Phi) is 3.94. The number of rotatable bonds is 4. The fourth-order valence-corrected chi connectivity index (χ4v) is 1.98. The molecule has 1 aromatic heterocycles. The summed E-state index contributed by atoms with van der Waals surface area (Å²) in [5.74, 6) is -1.29. The normalized spacial score (nSPS) is 14.4. The summed E-state index contributed by atoms with van der Waals surface area (Å²) >= 11 is 1.18. The molecule has 0 amide bonds. The molecule has 16 heavy (non-hydrogen) atoms. The molecule has 2 unspecified atom stereocenters. The van der Waals surface area contributed by atoms with Gasteiger partial charge < -0.3 is 15.8 Å². The van der Waals surface area contributed by atoms with Crippen molar-refractivity contribution in [3.05, 3.63) is 16.4 Å². The Labute approximate surface area is 96.3 Å². The third-order valence-corrected chi connectivity index (χ3v) is 3.33. The molecular weight excluding hydrogens is 230 g/mol. The maximum absolute atomic E-state index is 11.1. The maximum atomic E-state index is 11.1. The summed E-state index contributed by atoms with van der Waals surface area (Å²) in [5.41, 5.74) is 5.07. The van der Waals surface area contributed by atoms with Gasteiger partial charge in [0, 0.05) is 11.3 Å². The SMILES string of the molecule is CC(Sc1nc(N)cc(=O)[nH]1)C(C)C(=O)O. The van der Waals surface area contributed by atoms with E-state index in [1.54, 1.807) is 13.8 Å². The minimum atomic E-state index is -0.883. The smallest absolute Gasteiger partial charge is 0.307 e. The first kappa shape index (κ1) is 12.6. The second-order valence-corrected chi connectivity index (χ2v) is 4.79. The lowest BCUT2D eigenvalue weighted by Crippen LogP contribution is -2.21. The molecule has 0 bridgehead atoms. The van der Waals surface area contributed by atoms with Crippen LogP contribution in [0.4, 0.5) is 5.82 Å². The highest BCUT2D eigenvalue weighted by Crippen LogP contribution is 2.24. The van der Waals surface area contributed by atoms with E-state index in [9.17, 15) is 9.59 Å². The lowest BCUT2D eigenvalue weighted by Gasteiger charge is -2.14. The maximum Gasteiger partial charge on any atom is 0.307 e. The van der Waals surface area contributed by atoms with Crippen molar-refractivity contribution < 1.29 is 9.90 Å². The monoisotopic (exact) mass is 243 g/mol. The summed E-state index contributed by atoms with van der Waals surface area (Å²) in [6, 6.07) is 1.18. The van der Waals surface area contributed by atoms with E-state index in [-0.39, 0.29) is 16.6 Å². The van der Waals surface area contributed by atoms with Gasteiger partial charge in [0.1, 0.15) is 5.82 Å². The number of nitrogen functional groups attached to an aromatic ring is 1. The van der Waals surface area contributed by atoms with Crippen LogP contribution >= 0.6 is 11.8 Å². The van der Waals surface area contributed by atoms with Crippen LogP contribution in [-0.4, -0.2) is 26.3 Å². The summed E-state index contributed by atoms with van der Waals surface area (Å²) in [6.07, 6.45) is 0. The van der Waals surface area contributed by atoms with Gasteiger partial charge in [-0.15, -0.1) is 0 Å². The van der Waals surface area contributed by atoms with Crippen molar-refractivity contribution in [1.82, 2.24) is 9.97 Å². The van der Waals surface area contributed by atoms with Crippen molar-refractivity contribution in [1.29, 1.82) is 0 Å². The van der Waals surface area contributed by atoms with Crippen LogP contribution in [0.5, 0.6) is 0 Å². The zero-order chi connectivity index (χ0) is 12.3. The summed E-state index contributed by atoms with van der Waals surface area (Å²) in [5, 5.41) is 8.94. The second-order valence-electron chi connectivity index (χ2n) is 3.43. The number of aromatic amines is 1. The van der Waals surface area contributed by atoms with Gasteiger partial charge in [-0.05, 0) is 0 Å². The number of nitrogens with zero attached hydrogens (tertiary/aromatic N) is 1. The molecule has 0 spiro atoms. The van der Waals surface area contributed by atoms with Gasteiger partial charge in [0.05, 0.1) is 5.92 Å². The number of nitrogens with one attached hydrogen (secondary N) is 1. The summed E-state index contributed by atoms with van der Waals surface area (Å²) < 4.78 is 0. The number of hydrogen-bond donors (Lipinski definition) is 3. The molecule has 0 aliphatic rings. The molecule has 1 rings (SSSR count). The van der Waals surface area contributed by atoms with Crippen LogP contribution < -0.4 is 11.3 Å². The predicted molar refractivity (Wildman–Crippen MR) is 61.4 cm³/mol. The topological polar surface area (TPSA) is 109 Å². The van der Waals surface area contributed by atoms with Gasteiger partial charge in [-0.3, -0.25) is 9.59 Å². The Bertz CT molecular complexity index is 446. The fraction of sp³-hybridized carbons (Fsp3) is 0.444. The molecule has 7 heteroatoms. The van der Waals surface area contributed by atoms with E-state index in [2.05, 4.69) is 9.97 Å². The molecule has 0 aromatic carbocycles. The fourth-order valence-electron chi connectivity index (χ4n) is 0.988. The van der Waals surface area contributed by atoms with E-state index < -0.39 is 11.9 Å². The van der Waals surface area contributed by atoms with Crippen molar-refractivity contribution in [3.63, 3.8) is 0 Å². The van der Waals surface area contributed by atoms with Gasteiger partial charge in [0.2, 0.25) is 0 Å². The van der Waals surface area contributed by atoms with Crippen LogP contribution in [0.3, 0.4) is 0 Å². The van der Waals surface area contributed by atoms with Crippen LogP contribution in [0.25, 0.3) is 0 Å². The van der Waals surface area contributed by atoms with E-state index in [4.69, 9.17) is 10.8 Å². The number of carbonyl (C=O) groups is 1. The molecule has 0 fully saturated rings. The van der Waals surface area contributed by atoms with Gasteiger partial charge in [-0.25, -0.2) is 4.98 Å². The van der Waals surface area contributed by atoms with Gasteiger partial charge in [-0.2, -0.15) is 0 Å². The highest BCUT2D eigenvalue weighted by atomic mass is 32.2. The molecule has 0 radical (unpaired) electrons. The minimum Gasteiger partial charge on any atom is -0.481 e. The Balaban J connectivity index is 2.80. The standard InChI is InChI=1S/C9H13N3O3S/c1-4(8(14)15)5(2)16-9-11-6(10)3-7(13)12-9/h3-5H,1-2H3,(H,14,15)(H3,10,11,12,13). The van der Waals surface area contributed by atoms with E-state index in [1.165, 1.54) is 17.8 Å². The Morgan fingerprint density at radius 2 is 2.25 bits per heavy atom. The van der Waals surface area contributed by atoms with E-state index in [1.807, 2.05) is 0 Å². The van der Waals surface area contributed by atoms with Crippen LogP contribution in [0.1, 0.15) is 13.8 Å². The van der Waals surface area contributed by atoms with Gasteiger partial charge in [-0.1, -0.05) is 25.6 Å². The first-order valence-electron chi connectivity index (χ1n) is 4.66. The number of thioether (sulfide) groups is 1. The van der Waals surface area contributed by atoms with Crippen molar-refractivity contribution >= 4 is 23.5 Å². The average Bonchev–Trinajstić information content (AvgIpc) is 2.14. The predicted octanol–water partition coefficient (Wildman–Crippen LogP) is 0.553. The first-order valence-corrected chi connectivity index (χ1v) is 5.54. The van der Waals surface area contributed by atoms with Crippen molar-refractivity contribution in [2.75, 3.05) is 5.73 Å². The Morgan fingerprint density at radius 1 is 1.62 bits per heavy atom. The Hall–Kier alpha value is -1.50. The molecule has 0 aliphatic carbocycles. The lowest BCUT2D eigenvalue weighted by molar-refractivity contribution is -0.140. The third kappa shape index (κ3) is 3.27. The number of carboxylic acid groups (broad SMARTS) is 1. The average molecular weight is 243 g/mol. The number of carboxylic acids is 1. The summed E-state index contributed by atoms with van der Waals surface area (Å²) in [6.45, 7) is 3.36. The molecule has 6 nitrogen and oxygen atoms in total. The first-order chi connectivity index (χ1) is 7.40. The molecule has 1 heterocycles. The zero-order valence-corrected chi connectivity index (χ0v) is 9.75. The summed E-state index contributed by atoms with van der Waals surface area (Å²) in [4.78, 5) is 28.2. The highest BCUT2D eigenvalue weighted by Gasteiger charge is 2.21. The minimum absolute atomic E-state index is 0.126. The highest BCUT2D eigenvalue weighted by molar-refractivity contribution is 7.99. The molecule has 0 aliphatic heterocycles. The van der Waals surface area contributed by atoms with Gasteiger partial charge >= 0.3 is 5.97 Å². The largest absolute Gasteiger partial charge is 0.481 e.